The topological polar surface area (TPSA) is 86.3 Å². The lowest BCUT2D eigenvalue weighted by Crippen LogP contribution is -2.43. The minimum atomic E-state index is -0.274. The molecule has 4 rings (SSSR count). The number of piperazine rings is 1. The van der Waals surface area contributed by atoms with Crippen LogP contribution >= 0.6 is 0 Å². The fraction of sp³-hybridized carbons (Fsp3) is 0.304. The highest BCUT2D eigenvalue weighted by Gasteiger charge is 2.17. The molecule has 1 aromatic carbocycles. The summed E-state index contributed by atoms with van der Waals surface area (Å²) in [4.78, 5) is 30.1. The predicted octanol–water partition coefficient (Wildman–Crippen LogP) is 2.21. The average molecular weight is 418 g/mol. The number of nitrogens with zero attached hydrogens (tertiary/aromatic N) is 5. The van der Waals surface area contributed by atoms with Gasteiger partial charge < -0.3 is 20.4 Å². The summed E-state index contributed by atoms with van der Waals surface area (Å²) in [6.45, 7) is 4.36. The number of benzene rings is 1. The molecule has 0 unspecified atom stereocenters. The van der Waals surface area contributed by atoms with E-state index in [0.29, 0.717) is 17.3 Å². The number of hydrogen-bond donors (Lipinski definition) is 2. The quantitative estimate of drug-likeness (QED) is 0.610. The molecule has 160 valence electrons. The Bertz CT molecular complexity index is 1010. The smallest absolute Gasteiger partial charge is 0.274 e. The third-order valence-corrected chi connectivity index (χ3v) is 5.30. The second kappa shape index (κ2) is 9.99. The largest absolute Gasteiger partial charge is 0.367 e. The van der Waals surface area contributed by atoms with Crippen LogP contribution in [0.1, 0.15) is 16.1 Å². The molecule has 8 heteroatoms. The molecule has 2 aromatic heterocycles. The number of carbonyl (C=O) groups excluding carboxylic acids is 1. The van der Waals surface area contributed by atoms with Crippen LogP contribution in [-0.2, 0) is 6.42 Å². The van der Waals surface area contributed by atoms with Crippen molar-refractivity contribution >= 4 is 23.2 Å². The van der Waals surface area contributed by atoms with E-state index in [1.54, 1.807) is 24.7 Å². The Balaban J connectivity index is 1.44. The molecule has 2 N–H and O–H groups in total. The average Bonchev–Trinajstić information content (AvgIpc) is 2.84. The fourth-order valence-corrected chi connectivity index (χ4v) is 3.55. The maximum absolute atomic E-state index is 12.9. The molecule has 1 aliphatic heterocycles. The molecule has 1 aliphatic rings. The van der Waals surface area contributed by atoms with Crippen LogP contribution in [0.5, 0.6) is 0 Å². The molecule has 3 aromatic rings. The van der Waals surface area contributed by atoms with Gasteiger partial charge in [0.25, 0.3) is 5.91 Å². The molecular formula is C23H27N7O. The predicted molar refractivity (Wildman–Crippen MR) is 123 cm³/mol. The second-order valence-corrected chi connectivity index (χ2v) is 7.48. The third kappa shape index (κ3) is 5.35. The molecular weight excluding hydrogens is 390 g/mol. The summed E-state index contributed by atoms with van der Waals surface area (Å²) in [7, 11) is 1.93. The fourth-order valence-electron chi connectivity index (χ4n) is 3.55. The summed E-state index contributed by atoms with van der Waals surface area (Å²) < 4.78 is 0. The number of anilines is 3. The highest BCUT2D eigenvalue weighted by atomic mass is 16.1. The van der Waals surface area contributed by atoms with Crippen molar-refractivity contribution in [2.45, 2.75) is 6.42 Å². The standard InChI is InChI=1S/C23H27N7O/c1-29(14-9-18-5-3-2-4-6-18)23-26-11-7-19(28-23)22(31)27-20-17-25-10-8-21(20)30-15-12-24-13-16-30/h2-8,10-11,17,24H,9,12-16H2,1H3,(H,27,31). The number of nitrogens with one attached hydrogen (secondary N) is 2. The molecule has 8 nitrogen and oxygen atoms in total. The van der Waals surface area contributed by atoms with Crippen LogP contribution in [0.2, 0.25) is 0 Å². The van der Waals surface area contributed by atoms with E-state index >= 15 is 0 Å². The Morgan fingerprint density at radius 1 is 1.13 bits per heavy atom. The summed E-state index contributed by atoms with van der Waals surface area (Å²) in [5, 5.41) is 6.32. The minimum absolute atomic E-state index is 0.274. The first-order valence-corrected chi connectivity index (χ1v) is 10.5. The van der Waals surface area contributed by atoms with Gasteiger partial charge in [0.2, 0.25) is 5.95 Å². The molecule has 0 aliphatic carbocycles. The van der Waals surface area contributed by atoms with Crippen molar-refractivity contribution in [3.8, 4) is 0 Å². The van der Waals surface area contributed by atoms with E-state index in [9.17, 15) is 4.79 Å². The molecule has 1 amide bonds. The Morgan fingerprint density at radius 2 is 1.94 bits per heavy atom. The zero-order chi connectivity index (χ0) is 21.5. The van der Waals surface area contributed by atoms with Gasteiger partial charge in [-0.1, -0.05) is 30.3 Å². The first-order valence-electron chi connectivity index (χ1n) is 10.5. The molecule has 3 heterocycles. The van der Waals surface area contributed by atoms with Crippen LogP contribution in [0.4, 0.5) is 17.3 Å². The zero-order valence-electron chi connectivity index (χ0n) is 17.7. The van der Waals surface area contributed by atoms with E-state index in [1.807, 2.05) is 36.2 Å². The Kier molecular flexibility index (Phi) is 6.68. The molecule has 0 saturated carbocycles. The van der Waals surface area contributed by atoms with E-state index in [4.69, 9.17) is 0 Å². The van der Waals surface area contributed by atoms with E-state index < -0.39 is 0 Å². The van der Waals surface area contributed by atoms with Gasteiger partial charge in [-0.05, 0) is 24.1 Å². The van der Waals surface area contributed by atoms with Crippen LogP contribution in [-0.4, -0.2) is 60.6 Å². The van der Waals surface area contributed by atoms with Crippen molar-refractivity contribution in [2.75, 3.05) is 54.9 Å². The van der Waals surface area contributed by atoms with Crippen LogP contribution in [0, 0.1) is 0 Å². The van der Waals surface area contributed by atoms with Crippen molar-refractivity contribution in [1.82, 2.24) is 20.3 Å². The summed E-state index contributed by atoms with van der Waals surface area (Å²) in [6.07, 6.45) is 5.93. The van der Waals surface area contributed by atoms with Crippen molar-refractivity contribution in [2.24, 2.45) is 0 Å². The molecule has 1 fully saturated rings. The van der Waals surface area contributed by atoms with Crippen LogP contribution < -0.4 is 20.4 Å². The Hall–Kier alpha value is -3.52. The molecule has 0 radical (unpaired) electrons. The Labute approximate surface area is 182 Å². The number of hydrogen-bond acceptors (Lipinski definition) is 7. The van der Waals surface area contributed by atoms with Crippen molar-refractivity contribution in [3.05, 3.63) is 72.3 Å². The summed E-state index contributed by atoms with van der Waals surface area (Å²) in [5.41, 5.74) is 3.23. The van der Waals surface area contributed by atoms with Gasteiger partial charge in [-0.2, -0.15) is 0 Å². The molecule has 0 bridgehead atoms. The summed E-state index contributed by atoms with van der Waals surface area (Å²) in [5.74, 6) is 0.251. The first-order chi connectivity index (χ1) is 15.2. The van der Waals surface area contributed by atoms with Gasteiger partial charge >= 0.3 is 0 Å². The Morgan fingerprint density at radius 3 is 2.74 bits per heavy atom. The van der Waals surface area contributed by atoms with Gasteiger partial charge in [-0.15, -0.1) is 0 Å². The van der Waals surface area contributed by atoms with Crippen LogP contribution in [0.25, 0.3) is 0 Å². The number of carbonyl (C=O) groups is 1. The lowest BCUT2D eigenvalue weighted by Gasteiger charge is -2.30. The number of pyridine rings is 1. The summed E-state index contributed by atoms with van der Waals surface area (Å²) >= 11 is 0. The van der Waals surface area contributed by atoms with Gasteiger partial charge in [0.05, 0.1) is 17.6 Å². The number of rotatable bonds is 7. The normalized spacial score (nSPS) is 13.6. The SMILES string of the molecule is CN(CCc1ccccc1)c1nccc(C(=O)Nc2cnccc2N2CCNCC2)n1. The second-order valence-electron chi connectivity index (χ2n) is 7.48. The molecule has 0 atom stereocenters. The van der Waals surface area contributed by atoms with Gasteiger partial charge in [0.15, 0.2) is 0 Å². The van der Waals surface area contributed by atoms with Gasteiger partial charge in [-0.3, -0.25) is 9.78 Å². The monoisotopic (exact) mass is 417 g/mol. The molecule has 0 spiro atoms. The lowest BCUT2D eigenvalue weighted by molar-refractivity contribution is 0.102. The molecule has 31 heavy (non-hydrogen) atoms. The van der Waals surface area contributed by atoms with Crippen LogP contribution in [0.3, 0.4) is 0 Å². The summed E-state index contributed by atoms with van der Waals surface area (Å²) in [6, 6.07) is 13.8. The highest BCUT2D eigenvalue weighted by molar-refractivity contribution is 6.04. The first kappa shape index (κ1) is 20.7. The van der Waals surface area contributed by atoms with E-state index in [0.717, 1.165) is 44.8 Å². The zero-order valence-corrected chi connectivity index (χ0v) is 17.7. The van der Waals surface area contributed by atoms with Crippen molar-refractivity contribution in [1.29, 1.82) is 0 Å². The third-order valence-electron chi connectivity index (χ3n) is 5.30. The number of amides is 1. The van der Waals surface area contributed by atoms with E-state index in [1.165, 1.54) is 5.56 Å². The lowest BCUT2D eigenvalue weighted by atomic mass is 10.1. The molecule has 1 saturated heterocycles. The van der Waals surface area contributed by atoms with E-state index in [-0.39, 0.29) is 5.91 Å². The highest BCUT2D eigenvalue weighted by Crippen LogP contribution is 2.25. The van der Waals surface area contributed by atoms with E-state index in [2.05, 4.69) is 42.6 Å². The maximum atomic E-state index is 12.9. The minimum Gasteiger partial charge on any atom is -0.367 e. The van der Waals surface area contributed by atoms with Crippen LogP contribution in [0.15, 0.2) is 61.1 Å². The van der Waals surface area contributed by atoms with Gasteiger partial charge in [0, 0.05) is 52.2 Å². The van der Waals surface area contributed by atoms with Crippen molar-refractivity contribution in [3.63, 3.8) is 0 Å². The number of likely N-dealkylation sites (N-methyl/N-ethyl adjacent to an activating group) is 1. The van der Waals surface area contributed by atoms with Crippen molar-refractivity contribution < 1.29 is 4.79 Å². The maximum Gasteiger partial charge on any atom is 0.274 e. The number of aromatic nitrogens is 3. The van der Waals surface area contributed by atoms with Gasteiger partial charge in [-0.25, -0.2) is 9.97 Å². The van der Waals surface area contributed by atoms with Gasteiger partial charge in [0.1, 0.15) is 5.69 Å².